The number of nitrogens with zero attached hydrogens (tertiary/aromatic N) is 4. The van der Waals surface area contributed by atoms with Crippen LogP contribution in [0.15, 0.2) is 152 Å². The van der Waals surface area contributed by atoms with E-state index < -0.39 is 0 Å². The predicted octanol–water partition coefficient (Wildman–Crippen LogP) is 10.8. The highest BCUT2D eigenvalue weighted by molar-refractivity contribution is 6.19. The summed E-state index contributed by atoms with van der Waals surface area (Å²) in [6.07, 6.45) is 0.821. The molecule has 47 heavy (non-hydrogen) atoms. The molecule has 0 aliphatic carbocycles. The molecule has 3 aromatic heterocycles. The van der Waals surface area contributed by atoms with Crippen LogP contribution in [0.2, 0.25) is 0 Å². The number of imidazole rings is 1. The quantitative estimate of drug-likeness (QED) is 0.184. The fourth-order valence-corrected chi connectivity index (χ4v) is 6.85. The van der Waals surface area contributed by atoms with Gasteiger partial charge in [0.1, 0.15) is 5.82 Å². The standard InChI is InChI=1S/C43H30N4/c1-2-40-46-43-39(47(40)33-13-4-3-5-14-33)26-25-35-34-15-8-9-16-38(34)45-42(41(35)43)30-22-20-29(21-23-30)36-17-10-18-37(44-36)32-24-19-28-11-6-7-12-31(28)27-32/h3-27H,2H2,1H3. The van der Waals surface area contributed by atoms with E-state index >= 15 is 0 Å². The van der Waals surface area contributed by atoms with E-state index in [1.165, 1.54) is 10.8 Å². The van der Waals surface area contributed by atoms with E-state index in [4.69, 9.17) is 15.0 Å². The van der Waals surface area contributed by atoms with Gasteiger partial charge in [-0.05, 0) is 58.6 Å². The average molecular weight is 603 g/mol. The van der Waals surface area contributed by atoms with E-state index in [-0.39, 0.29) is 0 Å². The van der Waals surface area contributed by atoms with Crippen molar-refractivity contribution in [3.8, 4) is 39.5 Å². The van der Waals surface area contributed by atoms with Crippen LogP contribution in [0.3, 0.4) is 0 Å². The van der Waals surface area contributed by atoms with Gasteiger partial charge in [-0.2, -0.15) is 0 Å². The molecule has 0 bridgehead atoms. The number of pyridine rings is 2. The molecule has 0 fully saturated rings. The molecular formula is C43H30N4. The molecule has 9 aromatic rings. The molecule has 0 amide bonds. The summed E-state index contributed by atoms with van der Waals surface area (Å²) < 4.78 is 2.28. The Morgan fingerprint density at radius 2 is 1.21 bits per heavy atom. The van der Waals surface area contributed by atoms with Crippen molar-refractivity contribution in [2.45, 2.75) is 13.3 Å². The van der Waals surface area contributed by atoms with Crippen molar-refractivity contribution >= 4 is 43.5 Å². The van der Waals surface area contributed by atoms with E-state index in [9.17, 15) is 0 Å². The Hall–Kier alpha value is -6.13. The maximum absolute atomic E-state index is 5.28. The van der Waals surface area contributed by atoms with Gasteiger partial charge in [0.2, 0.25) is 0 Å². The molecule has 0 N–H and O–H groups in total. The van der Waals surface area contributed by atoms with Gasteiger partial charge >= 0.3 is 0 Å². The van der Waals surface area contributed by atoms with Crippen molar-refractivity contribution in [3.05, 3.63) is 157 Å². The largest absolute Gasteiger partial charge is 0.296 e. The number of hydrogen-bond donors (Lipinski definition) is 0. The summed E-state index contributed by atoms with van der Waals surface area (Å²) in [5.41, 5.74) is 10.2. The average Bonchev–Trinajstić information content (AvgIpc) is 3.54. The Labute approximate surface area is 272 Å². The first kappa shape index (κ1) is 27.2. The Morgan fingerprint density at radius 3 is 2.04 bits per heavy atom. The van der Waals surface area contributed by atoms with Crippen LogP contribution in [-0.4, -0.2) is 19.5 Å². The molecule has 0 aliphatic rings. The molecule has 9 rings (SSSR count). The van der Waals surface area contributed by atoms with E-state index in [0.717, 1.165) is 84.4 Å². The summed E-state index contributed by atoms with van der Waals surface area (Å²) in [4.78, 5) is 15.6. The lowest BCUT2D eigenvalue weighted by atomic mass is 9.97. The van der Waals surface area contributed by atoms with Crippen molar-refractivity contribution in [2.24, 2.45) is 0 Å². The van der Waals surface area contributed by atoms with Crippen molar-refractivity contribution in [1.29, 1.82) is 0 Å². The lowest BCUT2D eigenvalue weighted by Gasteiger charge is -2.12. The normalized spacial score (nSPS) is 11.6. The second kappa shape index (κ2) is 11.0. The van der Waals surface area contributed by atoms with Crippen LogP contribution in [0.5, 0.6) is 0 Å². The fraction of sp³-hybridized carbons (Fsp3) is 0.0465. The minimum absolute atomic E-state index is 0.821. The molecule has 4 nitrogen and oxygen atoms in total. The molecule has 0 spiro atoms. The van der Waals surface area contributed by atoms with Gasteiger partial charge in [0, 0.05) is 39.6 Å². The molecule has 0 radical (unpaired) electrons. The first-order valence-electron chi connectivity index (χ1n) is 16.1. The zero-order chi connectivity index (χ0) is 31.3. The third-order valence-electron chi connectivity index (χ3n) is 9.14. The molecule has 0 saturated heterocycles. The molecule has 0 aliphatic heterocycles. The van der Waals surface area contributed by atoms with Crippen LogP contribution >= 0.6 is 0 Å². The van der Waals surface area contributed by atoms with Crippen molar-refractivity contribution in [3.63, 3.8) is 0 Å². The van der Waals surface area contributed by atoms with Gasteiger partial charge in [-0.3, -0.25) is 4.57 Å². The molecule has 222 valence electrons. The van der Waals surface area contributed by atoms with Crippen molar-refractivity contribution in [2.75, 3.05) is 0 Å². The molecular weight excluding hydrogens is 573 g/mol. The van der Waals surface area contributed by atoms with Crippen LogP contribution in [0.4, 0.5) is 0 Å². The molecule has 6 aromatic carbocycles. The second-order valence-corrected chi connectivity index (χ2v) is 11.9. The molecule has 4 heteroatoms. The van der Waals surface area contributed by atoms with E-state index in [1.54, 1.807) is 0 Å². The number of para-hydroxylation sites is 2. The van der Waals surface area contributed by atoms with E-state index in [2.05, 4.69) is 163 Å². The highest BCUT2D eigenvalue weighted by atomic mass is 15.1. The number of fused-ring (bicyclic) bond motifs is 6. The Balaban J connectivity index is 1.19. The molecule has 0 saturated carbocycles. The van der Waals surface area contributed by atoms with Crippen LogP contribution in [0, 0.1) is 0 Å². The smallest absolute Gasteiger partial charge is 0.114 e. The highest BCUT2D eigenvalue weighted by Crippen LogP contribution is 2.38. The number of aryl methyl sites for hydroxylation is 1. The van der Waals surface area contributed by atoms with Crippen LogP contribution in [-0.2, 0) is 6.42 Å². The minimum Gasteiger partial charge on any atom is -0.296 e. The van der Waals surface area contributed by atoms with Crippen LogP contribution < -0.4 is 0 Å². The number of aromatic nitrogens is 4. The summed E-state index contributed by atoms with van der Waals surface area (Å²) in [6.45, 7) is 2.17. The van der Waals surface area contributed by atoms with Crippen molar-refractivity contribution in [1.82, 2.24) is 19.5 Å². The lowest BCUT2D eigenvalue weighted by Crippen LogP contribution is -1.99. The van der Waals surface area contributed by atoms with E-state index in [1.807, 2.05) is 0 Å². The third kappa shape index (κ3) is 4.57. The SMILES string of the molecule is CCc1nc2c3c(-c4ccc(-c5cccc(-c6ccc7ccccc7c6)n5)cc4)nc4ccccc4c3ccc2n1-c1ccccc1. The van der Waals surface area contributed by atoms with Gasteiger partial charge in [-0.1, -0.05) is 116 Å². The van der Waals surface area contributed by atoms with E-state index in [0.29, 0.717) is 0 Å². The second-order valence-electron chi connectivity index (χ2n) is 11.9. The number of rotatable bonds is 5. The van der Waals surface area contributed by atoms with Gasteiger partial charge in [0.15, 0.2) is 0 Å². The monoisotopic (exact) mass is 602 g/mol. The van der Waals surface area contributed by atoms with Gasteiger partial charge in [-0.15, -0.1) is 0 Å². The summed E-state index contributed by atoms with van der Waals surface area (Å²) >= 11 is 0. The zero-order valence-electron chi connectivity index (χ0n) is 25.9. The van der Waals surface area contributed by atoms with Gasteiger partial charge in [0.25, 0.3) is 0 Å². The van der Waals surface area contributed by atoms with Crippen LogP contribution in [0.1, 0.15) is 12.7 Å². The maximum Gasteiger partial charge on any atom is 0.114 e. The van der Waals surface area contributed by atoms with Gasteiger partial charge in [0.05, 0.1) is 33.6 Å². The lowest BCUT2D eigenvalue weighted by molar-refractivity contribution is 0.908. The summed E-state index contributed by atoms with van der Waals surface area (Å²) in [5.74, 6) is 1.03. The Kier molecular flexibility index (Phi) is 6.39. The molecule has 0 unspecified atom stereocenters. The third-order valence-corrected chi connectivity index (χ3v) is 9.14. The fourth-order valence-electron chi connectivity index (χ4n) is 6.85. The number of hydrogen-bond acceptors (Lipinski definition) is 3. The maximum atomic E-state index is 5.28. The highest BCUT2D eigenvalue weighted by Gasteiger charge is 2.19. The first-order valence-corrected chi connectivity index (χ1v) is 16.1. The Morgan fingerprint density at radius 1 is 0.511 bits per heavy atom. The first-order chi connectivity index (χ1) is 23.2. The summed E-state index contributed by atoms with van der Waals surface area (Å²) in [7, 11) is 0. The molecule has 3 heterocycles. The number of benzene rings is 6. The van der Waals surface area contributed by atoms with Gasteiger partial charge < -0.3 is 0 Å². The predicted molar refractivity (Wildman–Crippen MR) is 195 cm³/mol. The Bertz CT molecular complexity index is 2600. The zero-order valence-corrected chi connectivity index (χ0v) is 25.9. The minimum atomic E-state index is 0.821. The van der Waals surface area contributed by atoms with Gasteiger partial charge in [-0.25, -0.2) is 15.0 Å². The van der Waals surface area contributed by atoms with Crippen molar-refractivity contribution < 1.29 is 0 Å². The summed E-state index contributed by atoms with van der Waals surface area (Å²) in [5, 5.41) is 5.81. The molecule has 0 atom stereocenters. The topological polar surface area (TPSA) is 43.6 Å². The summed E-state index contributed by atoms with van der Waals surface area (Å²) in [6, 6.07) is 53.2. The van der Waals surface area contributed by atoms with Crippen LogP contribution in [0.25, 0.3) is 82.9 Å².